The summed E-state index contributed by atoms with van der Waals surface area (Å²) in [5.41, 5.74) is 9.37. The number of amides is 1. The number of aryl methyl sites for hydroxylation is 1. The minimum atomic E-state index is -0.218. The van der Waals surface area contributed by atoms with E-state index in [9.17, 15) is 4.79 Å². The number of rotatable bonds is 3. The number of halogens is 1. The molecule has 0 spiro atoms. The van der Waals surface area contributed by atoms with Gasteiger partial charge in [-0.1, -0.05) is 22.0 Å². The van der Waals surface area contributed by atoms with E-state index >= 15 is 0 Å². The maximum Gasteiger partial charge on any atom is 0.267 e. The number of fused-ring (bicyclic) bond motifs is 1. The maximum absolute atomic E-state index is 12.7. The number of carbonyl (C=O) groups is 1. The molecule has 130 valence electrons. The first kappa shape index (κ1) is 17.2. The summed E-state index contributed by atoms with van der Waals surface area (Å²) in [6.07, 6.45) is 0. The fourth-order valence-corrected chi connectivity index (χ4v) is 4.57. The van der Waals surface area contributed by atoms with Crippen LogP contribution in [0.4, 0.5) is 11.4 Å². The molecule has 7 heteroatoms. The molecule has 0 radical (unpaired) electrons. The molecule has 3 aromatic heterocycles. The standard InChI is InChI=1S/C19H14BrN3OS2/c1-10-9-11(4-6-13(10)20)22-18(24)17-16(21)12-5-7-14(23-19(12)26-17)15-3-2-8-25-15/h2-9H,21H2,1H3,(H,22,24). The molecule has 0 aliphatic heterocycles. The number of nitrogen functional groups attached to an aromatic ring is 1. The molecule has 0 aliphatic carbocycles. The summed E-state index contributed by atoms with van der Waals surface area (Å²) >= 11 is 6.41. The highest BCUT2D eigenvalue weighted by Gasteiger charge is 2.18. The molecule has 3 heterocycles. The van der Waals surface area contributed by atoms with Crippen LogP contribution in [0, 0.1) is 6.92 Å². The number of thiophene rings is 2. The number of pyridine rings is 1. The Bertz CT molecular complexity index is 1120. The summed E-state index contributed by atoms with van der Waals surface area (Å²) < 4.78 is 1.00. The lowest BCUT2D eigenvalue weighted by Crippen LogP contribution is -2.12. The Hall–Kier alpha value is -2.22. The zero-order valence-electron chi connectivity index (χ0n) is 13.7. The Morgan fingerprint density at radius 2 is 2.08 bits per heavy atom. The highest BCUT2D eigenvalue weighted by molar-refractivity contribution is 9.10. The molecule has 0 saturated heterocycles. The van der Waals surface area contributed by atoms with Crippen LogP contribution >= 0.6 is 38.6 Å². The second-order valence-electron chi connectivity index (χ2n) is 5.79. The summed E-state index contributed by atoms with van der Waals surface area (Å²) in [5.74, 6) is -0.218. The van der Waals surface area contributed by atoms with Gasteiger partial charge in [0.15, 0.2) is 0 Å². The average Bonchev–Trinajstić information content (AvgIpc) is 3.26. The molecule has 0 unspecified atom stereocenters. The van der Waals surface area contributed by atoms with Gasteiger partial charge in [-0.05, 0) is 54.3 Å². The zero-order chi connectivity index (χ0) is 18.3. The number of nitrogens with zero attached hydrogens (tertiary/aromatic N) is 1. The van der Waals surface area contributed by atoms with Crippen molar-refractivity contribution in [1.82, 2.24) is 4.98 Å². The molecule has 3 N–H and O–H groups in total. The predicted octanol–water partition coefficient (Wildman–Crippen LogP) is 5.93. The highest BCUT2D eigenvalue weighted by Crippen LogP contribution is 2.35. The molecule has 0 atom stereocenters. The van der Waals surface area contributed by atoms with E-state index in [1.165, 1.54) is 11.3 Å². The number of hydrogen-bond acceptors (Lipinski definition) is 5. The van der Waals surface area contributed by atoms with Gasteiger partial charge in [0.1, 0.15) is 9.71 Å². The van der Waals surface area contributed by atoms with Gasteiger partial charge in [-0.2, -0.15) is 0 Å². The smallest absolute Gasteiger partial charge is 0.267 e. The minimum absolute atomic E-state index is 0.218. The maximum atomic E-state index is 12.7. The first-order valence-electron chi connectivity index (χ1n) is 7.83. The van der Waals surface area contributed by atoms with Gasteiger partial charge in [-0.15, -0.1) is 22.7 Å². The van der Waals surface area contributed by atoms with Crippen molar-refractivity contribution in [1.29, 1.82) is 0 Å². The lowest BCUT2D eigenvalue weighted by atomic mass is 10.2. The third-order valence-electron chi connectivity index (χ3n) is 3.99. The van der Waals surface area contributed by atoms with E-state index in [2.05, 4.69) is 26.2 Å². The van der Waals surface area contributed by atoms with Gasteiger partial charge in [0.2, 0.25) is 0 Å². The Morgan fingerprint density at radius 3 is 2.81 bits per heavy atom. The number of hydrogen-bond donors (Lipinski definition) is 2. The molecule has 1 amide bonds. The summed E-state index contributed by atoms with van der Waals surface area (Å²) in [6, 6.07) is 13.6. The third-order valence-corrected chi connectivity index (χ3v) is 6.89. The normalized spacial score (nSPS) is 11.0. The number of aromatic nitrogens is 1. The van der Waals surface area contributed by atoms with Crippen LogP contribution in [0.25, 0.3) is 20.8 Å². The van der Waals surface area contributed by atoms with Crippen molar-refractivity contribution in [3.05, 3.63) is 62.8 Å². The van der Waals surface area contributed by atoms with E-state index in [4.69, 9.17) is 5.73 Å². The van der Waals surface area contributed by atoms with E-state index in [1.54, 1.807) is 11.3 Å². The van der Waals surface area contributed by atoms with Crippen molar-refractivity contribution in [2.45, 2.75) is 6.92 Å². The van der Waals surface area contributed by atoms with E-state index in [-0.39, 0.29) is 5.91 Å². The Balaban J connectivity index is 1.68. The van der Waals surface area contributed by atoms with Crippen LogP contribution < -0.4 is 11.1 Å². The van der Waals surface area contributed by atoms with Gasteiger partial charge < -0.3 is 11.1 Å². The molecule has 0 aliphatic rings. The second-order valence-corrected chi connectivity index (χ2v) is 8.59. The minimum Gasteiger partial charge on any atom is -0.397 e. The summed E-state index contributed by atoms with van der Waals surface area (Å²) in [5, 5.41) is 5.74. The topological polar surface area (TPSA) is 68.0 Å². The van der Waals surface area contributed by atoms with Crippen LogP contribution in [-0.4, -0.2) is 10.9 Å². The predicted molar refractivity (Wildman–Crippen MR) is 114 cm³/mol. The number of nitrogens with one attached hydrogen (secondary N) is 1. The molecule has 4 nitrogen and oxygen atoms in total. The number of anilines is 2. The molecule has 0 saturated carbocycles. The van der Waals surface area contributed by atoms with Crippen LogP contribution in [0.3, 0.4) is 0 Å². The van der Waals surface area contributed by atoms with Crippen LogP contribution in [0.2, 0.25) is 0 Å². The summed E-state index contributed by atoms with van der Waals surface area (Å²) in [6.45, 7) is 1.98. The first-order chi connectivity index (χ1) is 12.5. The van der Waals surface area contributed by atoms with E-state index < -0.39 is 0 Å². The van der Waals surface area contributed by atoms with Gasteiger partial charge in [-0.25, -0.2) is 4.98 Å². The second kappa shape index (κ2) is 6.83. The van der Waals surface area contributed by atoms with Crippen molar-refractivity contribution < 1.29 is 4.79 Å². The van der Waals surface area contributed by atoms with Gasteiger partial charge in [0.05, 0.1) is 16.3 Å². The van der Waals surface area contributed by atoms with Crippen molar-refractivity contribution in [2.24, 2.45) is 0 Å². The van der Waals surface area contributed by atoms with Gasteiger partial charge >= 0.3 is 0 Å². The van der Waals surface area contributed by atoms with Crippen molar-refractivity contribution >= 4 is 66.1 Å². The highest BCUT2D eigenvalue weighted by atomic mass is 79.9. The molecule has 0 bridgehead atoms. The Kier molecular flexibility index (Phi) is 4.52. The third kappa shape index (κ3) is 3.13. The number of nitrogens with two attached hydrogens (primary N) is 1. The van der Waals surface area contributed by atoms with Crippen LogP contribution in [-0.2, 0) is 0 Å². The van der Waals surface area contributed by atoms with Crippen LogP contribution in [0.5, 0.6) is 0 Å². The lowest BCUT2D eigenvalue weighted by Gasteiger charge is -2.06. The van der Waals surface area contributed by atoms with Gasteiger partial charge in [0.25, 0.3) is 5.91 Å². The quantitative estimate of drug-likeness (QED) is 0.412. The monoisotopic (exact) mass is 443 g/mol. The average molecular weight is 444 g/mol. The van der Waals surface area contributed by atoms with Crippen LogP contribution in [0.1, 0.15) is 15.2 Å². The number of benzene rings is 1. The van der Waals surface area contributed by atoms with E-state index in [0.29, 0.717) is 10.6 Å². The molecule has 0 fully saturated rings. The fraction of sp³-hybridized carbons (Fsp3) is 0.0526. The van der Waals surface area contributed by atoms with E-state index in [1.807, 2.05) is 54.8 Å². The first-order valence-corrected chi connectivity index (χ1v) is 10.3. The molecular formula is C19H14BrN3OS2. The molecule has 4 rings (SSSR count). The van der Waals surface area contributed by atoms with Crippen molar-refractivity contribution in [2.75, 3.05) is 11.1 Å². The summed E-state index contributed by atoms with van der Waals surface area (Å²) in [7, 11) is 0. The summed E-state index contributed by atoms with van der Waals surface area (Å²) in [4.78, 5) is 19.7. The molecule has 26 heavy (non-hydrogen) atoms. The zero-order valence-corrected chi connectivity index (χ0v) is 17.0. The van der Waals surface area contributed by atoms with Crippen LogP contribution in [0.15, 0.2) is 52.3 Å². The van der Waals surface area contributed by atoms with E-state index in [0.717, 1.165) is 36.5 Å². The molecule has 1 aromatic carbocycles. The molecule has 4 aromatic rings. The lowest BCUT2D eigenvalue weighted by molar-refractivity contribution is 0.103. The van der Waals surface area contributed by atoms with Crippen molar-refractivity contribution in [3.63, 3.8) is 0 Å². The van der Waals surface area contributed by atoms with Crippen molar-refractivity contribution in [3.8, 4) is 10.6 Å². The SMILES string of the molecule is Cc1cc(NC(=O)c2sc3nc(-c4cccs4)ccc3c2N)ccc1Br. The molecular weight excluding hydrogens is 430 g/mol. The largest absolute Gasteiger partial charge is 0.397 e. The van der Waals surface area contributed by atoms with Gasteiger partial charge in [0, 0.05) is 15.5 Å². The Morgan fingerprint density at radius 1 is 1.23 bits per heavy atom. The fourth-order valence-electron chi connectivity index (χ4n) is 2.64. The Labute approximate surface area is 166 Å². The van der Waals surface area contributed by atoms with Gasteiger partial charge in [-0.3, -0.25) is 4.79 Å². The number of carbonyl (C=O) groups excluding carboxylic acids is 1.